The van der Waals surface area contributed by atoms with Gasteiger partial charge >= 0.3 is 0 Å². The van der Waals surface area contributed by atoms with Crippen LogP contribution in [0.15, 0.2) is 30.3 Å². The number of hydrogen-bond acceptors (Lipinski definition) is 2. The predicted octanol–water partition coefficient (Wildman–Crippen LogP) is 3.73. The Bertz CT molecular complexity index is 657. The van der Waals surface area contributed by atoms with Crippen LogP contribution >= 0.6 is 0 Å². The number of hydrogen-bond donors (Lipinski definition) is 1. The van der Waals surface area contributed by atoms with Crippen LogP contribution < -0.4 is 5.73 Å². The number of nitrogen functional groups attached to an aromatic ring is 1. The maximum atomic E-state index is 12.7. The molecule has 0 saturated carbocycles. The number of ketones is 1. The van der Waals surface area contributed by atoms with E-state index < -0.39 is 0 Å². The SMILES string of the molecule is Cc1cccc(C(=O)c2ccc(N)c(C)c2C)c1C. The first-order chi connectivity index (χ1) is 8.93. The molecule has 0 saturated heterocycles. The van der Waals surface area contributed by atoms with E-state index in [2.05, 4.69) is 0 Å². The van der Waals surface area contributed by atoms with Crippen LogP contribution in [-0.2, 0) is 0 Å². The number of carbonyl (C=O) groups is 1. The highest BCUT2D eigenvalue weighted by Gasteiger charge is 2.16. The van der Waals surface area contributed by atoms with Gasteiger partial charge in [-0.25, -0.2) is 0 Å². The second-order valence-electron chi connectivity index (χ2n) is 5.03. The lowest BCUT2D eigenvalue weighted by atomic mass is 9.92. The quantitative estimate of drug-likeness (QED) is 0.654. The van der Waals surface area contributed by atoms with Crippen molar-refractivity contribution in [3.63, 3.8) is 0 Å². The molecule has 0 aromatic heterocycles. The molecule has 0 aliphatic heterocycles. The van der Waals surface area contributed by atoms with Crippen LogP contribution in [0.3, 0.4) is 0 Å². The first-order valence-corrected chi connectivity index (χ1v) is 6.40. The standard InChI is InChI=1S/C17H19NO/c1-10-6-5-7-14(11(10)2)17(19)15-8-9-16(18)13(4)12(15)3/h5-9H,18H2,1-4H3. The predicted molar refractivity (Wildman–Crippen MR) is 79.7 cm³/mol. The van der Waals surface area contributed by atoms with Gasteiger partial charge in [-0.3, -0.25) is 4.79 Å². The average Bonchev–Trinajstić information content (AvgIpc) is 2.39. The highest BCUT2D eigenvalue weighted by Crippen LogP contribution is 2.24. The van der Waals surface area contributed by atoms with Crippen LogP contribution in [0.5, 0.6) is 0 Å². The van der Waals surface area contributed by atoms with Crippen molar-refractivity contribution in [2.24, 2.45) is 0 Å². The summed E-state index contributed by atoms with van der Waals surface area (Å²) in [6, 6.07) is 9.46. The molecule has 2 rings (SSSR count). The summed E-state index contributed by atoms with van der Waals surface area (Å²) in [4.78, 5) is 12.7. The molecular formula is C17H19NO. The van der Waals surface area contributed by atoms with E-state index in [1.165, 1.54) is 0 Å². The molecular weight excluding hydrogens is 234 g/mol. The minimum absolute atomic E-state index is 0.0711. The summed E-state index contributed by atoms with van der Waals surface area (Å²) in [7, 11) is 0. The normalized spacial score (nSPS) is 10.5. The molecule has 2 heteroatoms. The Hall–Kier alpha value is -2.09. The van der Waals surface area contributed by atoms with Gasteiger partial charge in [-0.15, -0.1) is 0 Å². The van der Waals surface area contributed by atoms with Gasteiger partial charge in [0.1, 0.15) is 0 Å². The van der Waals surface area contributed by atoms with E-state index >= 15 is 0 Å². The van der Waals surface area contributed by atoms with Crippen molar-refractivity contribution >= 4 is 11.5 Å². The van der Waals surface area contributed by atoms with Crippen LogP contribution in [-0.4, -0.2) is 5.78 Å². The topological polar surface area (TPSA) is 43.1 Å². The fourth-order valence-corrected chi connectivity index (χ4v) is 2.23. The highest BCUT2D eigenvalue weighted by atomic mass is 16.1. The zero-order chi connectivity index (χ0) is 14.2. The Kier molecular flexibility index (Phi) is 3.43. The summed E-state index contributed by atoms with van der Waals surface area (Å²) >= 11 is 0. The van der Waals surface area contributed by atoms with Crippen LogP contribution in [0, 0.1) is 27.7 Å². The molecule has 0 bridgehead atoms. The van der Waals surface area contributed by atoms with Crippen molar-refractivity contribution in [1.82, 2.24) is 0 Å². The van der Waals surface area contributed by atoms with Gasteiger partial charge in [0.2, 0.25) is 0 Å². The number of anilines is 1. The van der Waals surface area contributed by atoms with E-state index in [0.717, 1.165) is 39.1 Å². The number of nitrogens with two attached hydrogens (primary N) is 1. The average molecular weight is 253 g/mol. The van der Waals surface area contributed by atoms with E-state index in [4.69, 9.17) is 5.73 Å². The summed E-state index contributed by atoms with van der Waals surface area (Å²) in [6.45, 7) is 7.91. The number of rotatable bonds is 2. The Morgan fingerprint density at radius 1 is 0.842 bits per heavy atom. The highest BCUT2D eigenvalue weighted by molar-refractivity contribution is 6.11. The number of benzene rings is 2. The van der Waals surface area contributed by atoms with E-state index in [0.29, 0.717) is 0 Å². The van der Waals surface area contributed by atoms with Crippen molar-refractivity contribution in [2.45, 2.75) is 27.7 Å². The smallest absolute Gasteiger partial charge is 0.193 e. The van der Waals surface area contributed by atoms with Crippen molar-refractivity contribution in [1.29, 1.82) is 0 Å². The molecule has 19 heavy (non-hydrogen) atoms. The van der Waals surface area contributed by atoms with Crippen molar-refractivity contribution < 1.29 is 4.79 Å². The molecule has 0 spiro atoms. The number of carbonyl (C=O) groups excluding carboxylic acids is 1. The maximum Gasteiger partial charge on any atom is 0.193 e. The van der Waals surface area contributed by atoms with Gasteiger partial charge in [-0.1, -0.05) is 18.2 Å². The molecule has 98 valence electrons. The van der Waals surface area contributed by atoms with Crippen LogP contribution in [0.1, 0.15) is 38.2 Å². The third-order valence-corrected chi connectivity index (χ3v) is 3.92. The summed E-state index contributed by atoms with van der Waals surface area (Å²) in [5, 5.41) is 0. The zero-order valence-corrected chi connectivity index (χ0v) is 11.9. The Morgan fingerprint density at radius 2 is 1.47 bits per heavy atom. The Labute approximate surface area is 114 Å². The first-order valence-electron chi connectivity index (χ1n) is 6.40. The van der Waals surface area contributed by atoms with Gasteiger partial charge in [0, 0.05) is 16.8 Å². The summed E-state index contributed by atoms with van der Waals surface area (Å²) in [5.74, 6) is 0.0711. The molecule has 0 heterocycles. The van der Waals surface area contributed by atoms with E-state index in [9.17, 15) is 4.79 Å². The molecule has 2 aromatic carbocycles. The van der Waals surface area contributed by atoms with Crippen LogP contribution in [0.2, 0.25) is 0 Å². The van der Waals surface area contributed by atoms with Gasteiger partial charge in [0.25, 0.3) is 0 Å². The van der Waals surface area contributed by atoms with Crippen molar-refractivity contribution in [2.75, 3.05) is 5.73 Å². The largest absolute Gasteiger partial charge is 0.399 e. The van der Waals surface area contributed by atoms with E-state index in [1.807, 2.05) is 52.0 Å². The Balaban J connectivity index is 2.57. The summed E-state index contributed by atoms with van der Waals surface area (Å²) in [6.07, 6.45) is 0. The molecule has 0 radical (unpaired) electrons. The lowest BCUT2D eigenvalue weighted by molar-refractivity contribution is 0.103. The fraction of sp³-hybridized carbons (Fsp3) is 0.235. The molecule has 0 amide bonds. The minimum atomic E-state index is 0.0711. The minimum Gasteiger partial charge on any atom is -0.399 e. The second kappa shape index (κ2) is 4.88. The lowest BCUT2D eigenvalue weighted by Crippen LogP contribution is -2.08. The molecule has 2 nitrogen and oxygen atoms in total. The summed E-state index contributed by atoms with van der Waals surface area (Å²) < 4.78 is 0. The maximum absolute atomic E-state index is 12.7. The van der Waals surface area contributed by atoms with Crippen molar-refractivity contribution in [3.8, 4) is 0 Å². The lowest BCUT2D eigenvalue weighted by Gasteiger charge is -2.12. The Morgan fingerprint density at radius 3 is 2.16 bits per heavy atom. The molecule has 2 N–H and O–H groups in total. The molecule has 2 aromatic rings. The van der Waals surface area contributed by atoms with Gasteiger partial charge in [-0.2, -0.15) is 0 Å². The second-order valence-corrected chi connectivity index (χ2v) is 5.03. The zero-order valence-electron chi connectivity index (χ0n) is 11.9. The monoisotopic (exact) mass is 253 g/mol. The molecule has 0 atom stereocenters. The fourth-order valence-electron chi connectivity index (χ4n) is 2.23. The van der Waals surface area contributed by atoms with Crippen LogP contribution in [0.4, 0.5) is 5.69 Å². The third-order valence-electron chi connectivity index (χ3n) is 3.92. The molecule has 0 unspecified atom stereocenters. The van der Waals surface area contributed by atoms with Crippen LogP contribution in [0.25, 0.3) is 0 Å². The van der Waals surface area contributed by atoms with Gasteiger partial charge in [-0.05, 0) is 62.1 Å². The van der Waals surface area contributed by atoms with Gasteiger partial charge in [0.05, 0.1) is 0 Å². The molecule has 0 aliphatic carbocycles. The van der Waals surface area contributed by atoms with Crippen molar-refractivity contribution in [3.05, 3.63) is 63.7 Å². The number of aryl methyl sites for hydroxylation is 1. The van der Waals surface area contributed by atoms with Gasteiger partial charge in [0.15, 0.2) is 5.78 Å². The van der Waals surface area contributed by atoms with E-state index in [-0.39, 0.29) is 5.78 Å². The molecule has 0 fully saturated rings. The van der Waals surface area contributed by atoms with Gasteiger partial charge < -0.3 is 5.73 Å². The summed E-state index contributed by atoms with van der Waals surface area (Å²) in [5.41, 5.74) is 12.2. The first kappa shape index (κ1) is 13.3. The molecule has 0 aliphatic rings. The van der Waals surface area contributed by atoms with E-state index in [1.54, 1.807) is 6.07 Å². The third kappa shape index (κ3) is 2.26.